The molecule has 184 valence electrons. The van der Waals surface area contributed by atoms with E-state index in [1.807, 2.05) is 31.2 Å². The predicted molar refractivity (Wildman–Crippen MR) is 138 cm³/mol. The van der Waals surface area contributed by atoms with Gasteiger partial charge in [0.25, 0.3) is 0 Å². The van der Waals surface area contributed by atoms with Gasteiger partial charge < -0.3 is 19.7 Å². The van der Waals surface area contributed by atoms with Gasteiger partial charge in [0, 0.05) is 30.6 Å². The number of para-hydroxylation sites is 1. The van der Waals surface area contributed by atoms with E-state index in [9.17, 15) is 10.1 Å². The van der Waals surface area contributed by atoms with Crippen LogP contribution < -0.4 is 15.0 Å². The van der Waals surface area contributed by atoms with E-state index in [1.165, 1.54) is 12.7 Å². The number of ether oxygens (including phenoxy) is 2. The van der Waals surface area contributed by atoms with Gasteiger partial charge in [-0.1, -0.05) is 18.2 Å². The standard InChI is InChI=1S/C28H28N4O3S/c1-17-4-3-5-22(24-15-36-27(31-24)32-13-21-10-28(21,16-32)26(33)34-2)25(17)35-14-18-8-19-6-7-30-12-23(19)20(9-18)11-29/h3-5,8-9,15,21,30H,6-7,10,12-14,16H2,1-2H3/t21-,28-/m0/s1. The molecule has 2 atom stereocenters. The lowest BCUT2D eigenvalue weighted by Crippen LogP contribution is -2.29. The topological polar surface area (TPSA) is 87.5 Å². The Hall–Kier alpha value is -3.41. The van der Waals surface area contributed by atoms with Gasteiger partial charge in [0.05, 0.1) is 29.9 Å². The van der Waals surface area contributed by atoms with Crippen LogP contribution in [0.25, 0.3) is 11.3 Å². The van der Waals surface area contributed by atoms with Gasteiger partial charge >= 0.3 is 5.97 Å². The Morgan fingerprint density at radius 3 is 3.11 bits per heavy atom. The molecule has 36 heavy (non-hydrogen) atoms. The monoisotopic (exact) mass is 500 g/mol. The molecule has 2 aliphatic heterocycles. The maximum absolute atomic E-state index is 12.3. The molecular formula is C28H28N4O3S. The number of anilines is 1. The largest absolute Gasteiger partial charge is 0.488 e. The highest BCUT2D eigenvalue weighted by Crippen LogP contribution is 2.59. The van der Waals surface area contributed by atoms with E-state index >= 15 is 0 Å². The zero-order valence-electron chi connectivity index (χ0n) is 20.5. The lowest BCUT2D eigenvalue weighted by atomic mass is 9.94. The fourth-order valence-electron chi connectivity index (χ4n) is 5.73. The molecule has 0 bridgehead atoms. The van der Waals surface area contributed by atoms with Crippen molar-refractivity contribution in [3.05, 3.63) is 63.5 Å². The van der Waals surface area contributed by atoms with Crippen LogP contribution in [-0.2, 0) is 29.1 Å². The third kappa shape index (κ3) is 3.83. The summed E-state index contributed by atoms with van der Waals surface area (Å²) >= 11 is 1.60. The fraction of sp³-hybridized carbons (Fsp3) is 0.393. The number of esters is 1. The van der Waals surface area contributed by atoms with Gasteiger partial charge in [-0.15, -0.1) is 11.3 Å². The van der Waals surface area contributed by atoms with Crippen LogP contribution >= 0.6 is 11.3 Å². The minimum absolute atomic E-state index is 0.0980. The Labute approximate surface area is 214 Å². The number of methoxy groups -OCH3 is 1. The molecule has 0 unspecified atom stereocenters. The molecule has 2 aromatic carbocycles. The molecule has 6 rings (SSSR count). The van der Waals surface area contributed by atoms with Gasteiger partial charge in [0.1, 0.15) is 12.4 Å². The first kappa shape index (κ1) is 23.0. The molecule has 1 N–H and O–H groups in total. The van der Waals surface area contributed by atoms with Gasteiger partial charge in [0.2, 0.25) is 0 Å². The number of rotatable bonds is 6. The van der Waals surface area contributed by atoms with Crippen LogP contribution in [0, 0.1) is 29.6 Å². The molecule has 1 saturated carbocycles. The van der Waals surface area contributed by atoms with E-state index in [-0.39, 0.29) is 11.4 Å². The maximum atomic E-state index is 12.3. The van der Waals surface area contributed by atoms with Crippen molar-refractivity contribution in [2.75, 3.05) is 31.6 Å². The maximum Gasteiger partial charge on any atom is 0.313 e. The van der Waals surface area contributed by atoms with Crippen LogP contribution in [0.5, 0.6) is 5.75 Å². The number of carbonyl (C=O) groups is 1. The smallest absolute Gasteiger partial charge is 0.313 e. The zero-order valence-corrected chi connectivity index (χ0v) is 21.3. The number of thiazole rings is 1. The van der Waals surface area contributed by atoms with Crippen LogP contribution in [0.4, 0.5) is 5.13 Å². The van der Waals surface area contributed by atoms with E-state index in [0.29, 0.717) is 19.1 Å². The highest BCUT2D eigenvalue weighted by molar-refractivity contribution is 7.14. The number of carbonyl (C=O) groups excluding carboxylic acids is 1. The molecule has 1 saturated heterocycles. The number of aromatic nitrogens is 1. The molecule has 3 aromatic rings. The van der Waals surface area contributed by atoms with Crippen molar-refractivity contribution < 1.29 is 14.3 Å². The summed E-state index contributed by atoms with van der Waals surface area (Å²) in [5.41, 5.74) is 6.58. The number of aryl methyl sites for hydroxylation is 1. The van der Waals surface area contributed by atoms with Crippen molar-refractivity contribution in [2.45, 2.75) is 32.9 Å². The second-order valence-corrected chi connectivity index (χ2v) is 10.8. The third-order valence-corrected chi connectivity index (χ3v) is 8.67. The summed E-state index contributed by atoms with van der Waals surface area (Å²) in [7, 11) is 1.47. The van der Waals surface area contributed by atoms with Crippen molar-refractivity contribution in [2.24, 2.45) is 11.3 Å². The van der Waals surface area contributed by atoms with Crippen molar-refractivity contribution in [1.82, 2.24) is 10.3 Å². The Bertz CT molecular complexity index is 1390. The molecule has 7 nitrogen and oxygen atoms in total. The van der Waals surface area contributed by atoms with E-state index in [2.05, 4.69) is 27.7 Å². The number of hydrogen-bond acceptors (Lipinski definition) is 8. The number of piperidine rings is 1. The highest BCUT2D eigenvalue weighted by Gasteiger charge is 2.66. The molecule has 0 radical (unpaired) electrons. The molecule has 2 fully saturated rings. The Balaban J connectivity index is 1.23. The average Bonchev–Trinajstić information content (AvgIpc) is 3.23. The predicted octanol–water partition coefficient (Wildman–Crippen LogP) is 4.21. The lowest BCUT2D eigenvalue weighted by molar-refractivity contribution is -0.146. The molecule has 1 aromatic heterocycles. The summed E-state index contributed by atoms with van der Waals surface area (Å²) in [5.74, 6) is 1.07. The van der Waals surface area contributed by atoms with Crippen LogP contribution in [0.2, 0.25) is 0 Å². The van der Waals surface area contributed by atoms with Crippen LogP contribution in [0.15, 0.2) is 35.7 Å². The number of benzene rings is 2. The second kappa shape index (κ2) is 8.91. The lowest BCUT2D eigenvalue weighted by Gasteiger charge is -2.20. The summed E-state index contributed by atoms with van der Waals surface area (Å²) < 4.78 is 11.4. The van der Waals surface area contributed by atoms with Gasteiger partial charge in [-0.2, -0.15) is 5.26 Å². The third-order valence-electron chi connectivity index (χ3n) is 7.77. The number of nitrogens with one attached hydrogen (secondary N) is 1. The first-order chi connectivity index (χ1) is 17.5. The molecule has 0 spiro atoms. The van der Waals surface area contributed by atoms with Crippen molar-refractivity contribution >= 4 is 22.4 Å². The Morgan fingerprint density at radius 2 is 2.28 bits per heavy atom. The van der Waals surface area contributed by atoms with Crippen molar-refractivity contribution in [3.8, 4) is 23.1 Å². The first-order valence-corrected chi connectivity index (χ1v) is 13.2. The van der Waals surface area contributed by atoms with Gasteiger partial charge in [-0.25, -0.2) is 4.98 Å². The molecule has 1 aliphatic carbocycles. The van der Waals surface area contributed by atoms with Crippen LogP contribution in [-0.4, -0.2) is 37.7 Å². The van der Waals surface area contributed by atoms with Gasteiger partial charge in [0.15, 0.2) is 5.13 Å². The van der Waals surface area contributed by atoms with Crippen LogP contribution in [0.3, 0.4) is 0 Å². The van der Waals surface area contributed by atoms with E-state index < -0.39 is 0 Å². The van der Waals surface area contributed by atoms with Gasteiger partial charge in [-0.05, 0) is 66.6 Å². The molecule has 3 heterocycles. The normalized spacial score (nSPS) is 21.9. The minimum Gasteiger partial charge on any atom is -0.488 e. The zero-order chi connectivity index (χ0) is 24.9. The summed E-state index contributed by atoms with van der Waals surface area (Å²) in [6, 6.07) is 12.6. The summed E-state index contributed by atoms with van der Waals surface area (Å²) in [5, 5.41) is 16.0. The van der Waals surface area contributed by atoms with E-state index in [0.717, 1.165) is 76.9 Å². The number of nitriles is 1. The quantitative estimate of drug-likeness (QED) is 0.507. The van der Waals surface area contributed by atoms with Crippen LogP contribution in [0.1, 0.15) is 34.2 Å². The molecule has 0 amide bonds. The fourth-order valence-corrected chi connectivity index (χ4v) is 6.57. The average molecular weight is 501 g/mol. The summed E-state index contributed by atoms with van der Waals surface area (Å²) in [6.07, 6.45) is 1.83. The number of nitrogens with zero attached hydrogens (tertiary/aromatic N) is 3. The van der Waals surface area contributed by atoms with Gasteiger partial charge in [-0.3, -0.25) is 4.79 Å². The van der Waals surface area contributed by atoms with E-state index in [4.69, 9.17) is 14.5 Å². The SMILES string of the molecule is COC(=O)[C@]12C[C@H]1CN(c1nc(-c3cccc(C)c3OCc3cc(C#N)c4c(c3)CCNC4)cs1)C2. The van der Waals surface area contributed by atoms with Crippen molar-refractivity contribution in [1.29, 1.82) is 5.26 Å². The summed E-state index contributed by atoms with van der Waals surface area (Å²) in [4.78, 5) is 19.4. The van der Waals surface area contributed by atoms with Crippen molar-refractivity contribution in [3.63, 3.8) is 0 Å². The molecular weight excluding hydrogens is 472 g/mol. The first-order valence-electron chi connectivity index (χ1n) is 12.3. The number of hydrogen-bond donors (Lipinski definition) is 1. The highest BCUT2D eigenvalue weighted by atomic mass is 32.1. The Kier molecular flexibility index (Phi) is 5.70. The summed E-state index contributed by atoms with van der Waals surface area (Å²) in [6.45, 7) is 5.61. The second-order valence-electron chi connectivity index (χ2n) is 10.0. The number of fused-ring (bicyclic) bond motifs is 2. The molecule has 8 heteroatoms. The molecule has 3 aliphatic rings. The minimum atomic E-state index is -0.342. The Morgan fingerprint density at radius 1 is 1.39 bits per heavy atom. The van der Waals surface area contributed by atoms with E-state index in [1.54, 1.807) is 11.3 Å².